The van der Waals surface area contributed by atoms with Crippen molar-refractivity contribution in [3.63, 3.8) is 0 Å². The summed E-state index contributed by atoms with van der Waals surface area (Å²) in [5.74, 6) is 0.859. The van der Waals surface area contributed by atoms with Crippen LogP contribution in [-0.4, -0.2) is 49.7 Å². The summed E-state index contributed by atoms with van der Waals surface area (Å²) in [6, 6.07) is 7.91. The van der Waals surface area contributed by atoms with E-state index in [4.69, 9.17) is 9.47 Å². The summed E-state index contributed by atoms with van der Waals surface area (Å²) in [5.41, 5.74) is 1.00. The van der Waals surface area contributed by atoms with Crippen LogP contribution in [0.1, 0.15) is 19.4 Å². The van der Waals surface area contributed by atoms with Gasteiger partial charge in [0.1, 0.15) is 11.9 Å². The van der Waals surface area contributed by atoms with Crippen molar-refractivity contribution < 1.29 is 14.3 Å². The van der Waals surface area contributed by atoms with Crippen molar-refractivity contribution in [2.45, 2.75) is 32.6 Å². The predicted octanol–water partition coefficient (Wildman–Crippen LogP) is 1.42. The van der Waals surface area contributed by atoms with Crippen LogP contribution in [0.4, 0.5) is 0 Å². The summed E-state index contributed by atoms with van der Waals surface area (Å²) >= 11 is 0. The van der Waals surface area contributed by atoms with Crippen molar-refractivity contribution in [2.75, 3.05) is 26.7 Å². The highest BCUT2D eigenvalue weighted by molar-refractivity contribution is 5.81. The second-order valence-corrected chi connectivity index (χ2v) is 5.39. The maximum absolute atomic E-state index is 12.4. The van der Waals surface area contributed by atoms with Crippen molar-refractivity contribution in [1.82, 2.24) is 10.2 Å². The lowest BCUT2D eigenvalue weighted by molar-refractivity contribution is -0.146. The largest absolute Gasteiger partial charge is 0.497 e. The van der Waals surface area contributed by atoms with Gasteiger partial charge in [-0.2, -0.15) is 0 Å². The van der Waals surface area contributed by atoms with Crippen LogP contribution in [-0.2, 0) is 16.1 Å². The topological polar surface area (TPSA) is 50.8 Å². The molecule has 1 aromatic carbocycles. The molecule has 1 saturated heterocycles. The van der Waals surface area contributed by atoms with Crippen molar-refractivity contribution in [2.24, 2.45) is 0 Å². The number of rotatable bonds is 5. The third kappa shape index (κ3) is 4.19. The van der Waals surface area contributed by atoms with Crippen LogP contribution in [0.5, 0.6) is 5.75 Å². The Kier molecular flexibility index (Phi) is 5.59. The van der Waals surface area contributed by atoms with E-state index in [-0.39, 0.29) is 11.9 Å². The molecular formula is C16H24N2O3. The fourth-order valence-electron chi connectivity index (χ4n) is 2.46. The van der Waals surface area contributed by atoms with Crippen LogP contribution in [0.3, 0.4) is 0 Å². The Morgan fingerprint density at radius 3 is 3.05 bits per heavy atom. The summed E-state index contributed by atoms with van der Waals surface area (Å²) in [6.45, 7) is 6.71. The standard InChI is InChI=1S/C16H24N2O3/c1-12-10-17-7-8-18(12)16(19)13(2)21-11-14-5-4-6-15(9-14)20-3/h4-6,9,12-13,17H,7-8,10-11H2,1-3H3. The molecule has 0 aromatic heterocycles. The van der Waals surface area contributed by atoms with Gasteiger partial charge in [-0.15, -0.1) is 0 Å². The Morgan fingerprint density at radius 1 is 1.52 bits per heavy atom. The number of piperazine rings is 1. The molecule has 21 heavy (non-hydrogen) atoms. The predicted molar refractivity (Wildman–Crippen MR) is 81.3 cm³/mol. The van der Waals surface area contributed by atoms with Gasteiger partial charge >= 0.3 is 0 Å². The van der Waals surface area contributed by atoms with E-state index < -0.39 is 6.10 Å². The number of carbonyl (C=O) groups excluding carboxylic acids is 1. The molecule has 1 heterocycles. The highest BCUT2D eigenvalue weighted by Crippen LogP contribution is 2.15. The SMILES string of the molecule is COc1cccc(COC(C)C(=O)N2CCNCC2C)c1. The van der Waals surface area contributed by atoms with Gasteiger partial charge < -0.3 is 19.7 Å². The van der Waals surface area contributed by atoms with Gasteiger partial charge in [0.2, 0.25) is 0 Å². The normalized spacial score (nSPS) is 20.1. The molecule has 2 rings (SSSR count). The molecule has 0 bridgehead atoms. The Labute approximate surface area is 126 Å². The molecule has 2 atom stereocenters. The molecule has 1 aliphatic heterocycles. The van der Waals surface area contributed by atoms with Gasteiger partial charge in [0.05, 0.1) is 13.7 Å². The average Bonchev–Trinajstić information content (AvgIpc) is 2.52. The Hall–Kier alpha value is -1.59. The zero-order chi connectivity index (χ0) is 15.2. The van der Waals surface area contributed by atoms with Crippen LogP contribution >= 0.6 is 0 Å². The van der Waals surface area contributed by atoms with E-state index in [1.165, 1.54) is 0 Å². The molecule has 116 valence electrons. The first kappa shape index (κ1) is 15.8. The van der Waals surface area contributed by atoms with E-state index >= 15 is 0 Å². The van der Waals surface area contributed by atoms with Crippen LogP contribution < -0.4 is 10.1 Å². The number of carbonyl (C=O) groups is 1. The molecule has 2 unspecified atom stereocenters. The minimum Gasteiger partial charge on any atom is -0.497 e. The number of hydrogen-bond donors (Lipinski definition) is 1. The molecule has 0 aliphatic carbocycles. The van der Waals surface area contributed by atoms with Crippen molar-refractivity contribution in [3.05, 3.63) is 29.8 Å². The zero-order valence-electron chi connectivity index (χ0n) is 13.0. The Morgan fingerprint density at radius 2 is 2.33 bits per heavy atom. The minimum atomic E-state index is -0.434. The molecule has 1 aromatic rings. The lowest BCUT2D eigenvalue weighted by Crippen LogP contribution is -2.54. The van der Waals surface area contributed by atoms with Crippen molar-refractivity contribution in [3.8, 4) is 5.75 Å². The summed E-state index contributed by atoms with van der Waals surface area (Å²) in [6.07, 6.45) is -0.434. The zero-order valence-corrected chi connectivity index (χ0v) is 13.0. The Balaban J connectivity index is 1.88. The van der Waals surface area contributed by atoms with E-state index in [2.05, 4.69) is 12.2 Å². The minimum absolute atomic E-state index is 0.0619. The monoisotopic (exact) mass is 292 g/mol. The second kappa shape index (κ2) is 7.43. The molecule has 1 amide bonds. The third-order valence-corrected chi connectivity index (χ3v) is 3.77. The highest BCUT2D eigenvalue weighted by Gasteiger charge is 2.27. The quantitative estimate of drug-likeness (QED) is 0.892. The molecule has 5 nitrogen and oxygen atoms in total. The number of amides is 1. The maximum atomic E-state index is 12.4. The Bertz CT molecular complexity index is 478. The molecule has 0 saturated carbocycles. The van der Waals surface area contributed by atoms with Crippen LogP contribution in [0.2, 0.25) is 0 Å². The van der Waals surface area contributed by atoms with Gasteiger partial charge in [-0.25, -0.2) is 0 Å². The number of nitrogens with one attached hydrogen (secondary N) is 1. The lowest BCUT2D eigenvalue weighted by atomic mass is 10.2. The van der Waals surface area contributed by atoms with Gasteiger partial charge in [0, 0.05) is 25.7 Å². The summed E-state index contributed by atoms with van der Waals surface area (Å²) in [4.78, 5) is 14.3. The maximum Gasteiger partial charge on any atom is 0.251 e. The molecule has 0 spiro atoms. The van der Waals surface area contributed by atoms with Gasteiger partial charge in [0.15, 0.2) is 0 Å². The number of methoxy groups -OCH3 is 1. The summed E-state index contributed by atoms with van der Waals surface area (Å²) in [7, 11) is 1.64. The van der Waals surface area contributed by atoms with Gasteiger partial charge in [-0.05, 0) is 31.5 Å². The molecule has 0 radical (unpaired) electrons. The van der Waals surface area contributed by atoms with Crippen LogP contribution in [0.25, 0.3) is 0 Å². The van der Waals surface area contributed by atoms with Gasteiger partial charge in [0.25, 0.3) is 5.91 Å². The van der Waals surface area contributed by atoms with Gasteiger partial charge in [-0.1, -0.05) is 12.1 Å². The lowest BCUT2D eigenvalue weighted by Gasteiger charge is -2.35. The van der Waals surface area contributed by atoms with Crippen LogP contribution in [0, 0.1) is 0 Å². The highest BCUT2D eigenvalue weighted by atomic mass is 16.5. The van der Waals surface area contributed by atoms with Crippen LogP contribution in [0.15, 0.2) is 24.3 Å². The first-order valence-electron chi connectivity index (χ1n) is 7.37. The fourth-order valence-corrected chi connectivity index (χ4v) is 2.46. The summed E-state index contributed by atoms with van der Waals surface area (Å²) < 4.78 is 10.9. The first-order chi connectivity index (χ1) is 10.1. The average molecular weight is 292 g/mol. The molecule has 1 N–H and O–H groups in total. The molecule has 1 fully saturated rings. The van der Waals surface area contributed by atoms with E-state index in [0.717, 1.165) is 30.9 Å². The number of nitrogens with zero attached hydrogens (tertiary/aromatic N) is 1. The fraction of sp³-hybridized carbons (Fsp3) is 0.562. The smallest absolute Gasteiger partial charge is 0.251 e. The summed E-state index contributed by atoms with van der Waals surface area (Å²) in [5, 5.41) is 3.28. The van der Waals surface area contributed by atoms with Gasteiger partial charge in [-0.3, -0.25) is 4.79 Å². The van der Waals surface area contributed by atoms with E-state index in [1.54, 1.807) is 7.11 Å². The number of hydrogen-bond acceptors (Lipinski definition) is 4. The van der Waals surface area contributed by atoms with E-state index in [0.29, 0.717) is 6.61 Å². The van der Waals surface area contributed by atoms with E-state index in [9.17, 15) is 4.79 Å². The number of ether oxygens (including phenoxy) is 2. The number of benzene rings is 1. The molecule has 1 aliphatic rings. The first-order valence-corrected chi connectivity index (χ1v) is 7.37. The van der Waals surface area contributed by atoms with Crippen molar-refractivity contribution >= 4 is 5.91 Å². The second-order valence-electron chi connectivity index (χ2n) is 5.39. The third-order valence-electron chi connectivity index (χ3n) is 3.77. The molecule has 5 heteroatoms. The van der Waals surface area contributed by atoms with Crippen molar-refractivity contribution in [1.29, 1.82) is 0 Å². The molecular weight excluding hydrogens is 268 g/mol. The van der Waals surface area contributed by atoms with E-state index in [1.807, 2.05) is 36.1 Å².